The van der Waals surface area contributed by atoms with Crippen LogP contribution < -0.4 is 10.6 Å². The van der Waals surface area contributed by atoms with Crippen LogP contribution in [-0.2, 0) is 4.74 Å². The first-order chi connectivity index (χ1) is 9.67. The first-order valence-corrected chi connectivity index (χ1v) is 6.92. The molecule has 2 heterocycles. The molecule has 3 rings (SSSR count). The Morgan fingerprint density at radius 3 is 2.85 bits per heavy atom. The van der Waals surface area contributed by atoms with E-state index in [1.807, 2.05) is 13.1 Å². The van der Waals surface area contributed by atoms with Crippen LogP contribution in [0, 0.1) is 5.41 Å². The number of allylic oxidation sites excluding steroid dienone is 1. The number of aromatic nitrogens is 1. The van der Waals surface area contributed by atoms with Gasteiger partial charge in [-0.15, -0.1) is 0 Å². The average molecular weight is 273 g/mol. The Labute approximate surface area is 118 Å². The lowest BCUT2D eigenvalue weighted by Gasteiger charge is -2.23. The molecule has 1 spiro atoms. The molecule has 0 atom stereocenters. The lowest BCUT2D eigenvalue weighted by molar-refractivity contribution is 0.0594. The average Bonchev–Trinajstić information content (AvgIpc) is 3.24. The molecular weight excluding hydrogens is 254 g/mol. The smallest absolute Gasteiger partial charge is 0.356 e. The topological polar surface area (TPSA) is 63.2 Å². The third-order valence-electron chi connectivity index (χ3n) is 4.10. The van der Waals surface area contributed by atoms with E-state index in [1.165, 1.54) is 26.4 Å². The third kappa shape index (κ3) is 2.24. The minimum Gasteiger partial charge on any atom is -0.464 e. The zero-order chi connectivity index (χ0) is 14.2. The van der Waals surface area contributed by atoms with Gasteiger partial charge in [0.05, 0.1) is 7.11 Å². The van der Waals surface area contributed by atoms with Gasteiger partial charge in [0.2, 0.25) is 0 Å². The summed E-state index contributed by atoms with van der Waals surface area (Å²) >= 11 is 0. The monoisotopic (exact) mass is 273 g/mol. The highest BCUT2D eigenvalue weighted by Gasteiger charge is 2.42. The Kier molecular flexibility index (Phi) is 3.12. The van der Waals surface area contributed by atoms with Crippen molar-refractivity contribution in [1.82, 2.24) is 10.3 Å². The molecular formula is C15H19N3O2. The van der Waals surface area contributed by atoms with Crippen LogP contribution in [0.5, 0.6) is 0 Å². The van der Waals surface area contributed by atoms with E-state index in [0.29, 0.717) is 16.9 Å². The highest BCUT2D eigenvalue weighted by Crippen LogP contribution is 2.52. The van der Waals surface area contributed by atoms with Crippen LogP contribution in [0.1, 0.15) is 35.3 Å². The van der Waals surface area contributed by atoms with Gasteiger partial charge in [0.1, 0.15) is 5.82 Å². The summed E-state index contributed by atoms with van der Waals surface area (Å²) in [5.74, 6) is 0.279. The van der Waals surface area contributed by atoms with E-state index < -0.39 is 5.97 Å². The maximum Gasteiger partial charge on any atom is 0.356 e. The molecule has 1 aromatic heterocycles. The summed E-state index contributed by atoms with van der Waals surface area (Å²) in [6.45, 7) is 0.994. The van der Waals surface area contributed by atoms with E-state index >= 15 is 0 Å². The van der Waals surface area contributed by atoms with Crippen LogP contribution in [0.15, 0.2) is 18.2 Å². The summed E-state index contributed by atoms with van der Waals surface area (Å²) in [7, 11) is 3.17. The maximum absolute atomic E-state index is 11.5. The Morgan fingerprint density at radius 2 is 2.20 bits per heavy atom. The summed E-state index contributed by atoms with van der Waals surface area (Å²) in [5, 5.41) is 6.49. The molecule has 20 heavy (non-hydrogen) atoms. The lowest BCUT2D eigenvalue weighted by Crippen LogP contribution is -2.24. The Hall–Kier alpha value is -2.04. The number of anilines is 1. The SMILES string of the molecule is CNc1nc(C(=O)OC)ccc1C1=CC2(CCN1)CC2. The van der Waals surface area contributed by atoms with E-state index in [1.54, 1.807) is 6.07 Å². The van der Waals surface area contributed by atoms with E-state index in [4.69, 9.17) is 4.74 Å². The van der Waals surface area contributed by atoms with Crippen molar-refractivity contribution in [2.24, 2.45) is 5.41 Å². The highest BCUT2D eigenvalue weighted by molar-refractivity contribution is 5.88. The number of nitrogens with zero attached hydrogens (tertiary/aromatic N) is 1. The zero-order valence-corrected chi connectivity index (χ0v) is 11.8. The van der Waals surface area contributed by atoms with Crippen molar-refractivity contribution in [2.75, 3.05) is 26.0 Å². The minimum atomic E-state index is -0.419. The molecule has 1 aliphatic carbocycles. The second kappa shape index (κ2) is 4.81. The van der Waals surface area contributed by atoms with Gasteiger partial charge in [0, 0.05) is 24.9 Å². The number of nitrogens with one attached hydrogen (secondary N) is 2. The first kappa shape index (κ1) is 13.0. The van der Waals surface area contributed by atoms with Crippen LogP contribution in [0.3, 0.4) is 0 Å². The van der Waals surface area contributed by atoms with Gasteiger partial charge in [0.15, 0.2) is 5.69 Å². The first-order valence-electron chi connectivity index (χ1n) is 6.92. The van der Waals surface area contributed by atoms with Crippen LogP contribution in [0.4, 0.5) is 5.82 Å². The second-order valence-corrected chi connectivity index (χ2v) is 5.43. The third-order valence-corrected chi connectivity index (χ3v) is 4.10. The van der Waals surface area contributed by atoms with Crippen LogP contribution in [-0.4, -0.2) is 31.7 Å². The van der Waals surface area contributed by atoms with E-state index in [0.717, 1.165) is 17.8 Å². The van der Waals surface area contributed by atoms with Crippen molar-refractivity contribution in [3.8, 4) is 0 Å². The number of pyridine rings is 1. The number of hydrogen-bond donors (Lipinski definition) is 2. The van der Waals surface area contributed by atoms with E-state index in [2.05, 4.69) is 21.7 Å². The summed E-state index contributed by atoms with van der Waals surface area (Å²) in [5.41, 5.74) is 2.85. The molecule has 2 N–H and O–H groups in total. The fourth-order valence-corrected chi connectivity index (χ4v) is 2.69. The Balaban J connectivity index is 1.97. The molecule has 106 valence electrons. The van der Waals surface area contributed by atoms with Gasteiger partial charge in [-0.25, -0.2) is 9.78 Å². The molecule has 0 unspecified atom stereocenters. The van der Waals surface area contributed by atoms with Gasteiger partial charge in [0.25, 0.3) is 0 Å². The molecule has 5 nitrogen and oxygen atoms in total. The van der Waals surface area contributed by atoms with E-state index in [-0.39, 0.29) is 0 Å². The molecule has 2 aliphatic rings. The van der Waals surface area contributed by atoms with Gasteiger partial charge in [-0.3, -0.25) is 0 Å². The molecule has 1 saturated carbocycles. The molecule has 0 amide bonds. The highest BCUT2D eigenvalue weighted by atomic mass is 16.5. The molecule has 1 fully saturated rings. The van der Waals surface area contributed by atoms with Crippen LogP contribution >= 0.6 is 0 Å². The predicted molar refractivity (Wildman–Crippen MR) is 77.4 cm³/mol. The molecule has 0 saturated heterocycles. The largest absolute Gasteiger partial charge is 0.464 e. The number of ether oxygens (including phenoxy) is 1. The molecule has 0 aromatic carbocycles. The van der Waals surface area contributed by atoms with Crippen molar-refractivity contribution in [2.45, 2.75) is 19.3 Å². The van der Waals surface area contributed by atoms with Gasteiger partial charge in [-0.05, 0) is 36.8 Å². The van der Waals surface area contributed by atoms with Gasteiger partial charge < -0.3 is 15.4 Å². The van der Waals surface area contributed by atoms with Gasteiger partial charge >= 0.3 is 5.97 Å². The Bertz CT molecular complexity index is 576. The second-order valence-electron chi connectivity index (χ2n) is 5.43. The Morgan fingerprint density at radius 1 is 1.40 bits per heavy atom. The normalized spacial score (nSPS) is 19.0. The summed E-state index contributed by atoms with van der Waals surface area (Å²) in [6, 6.07) is 3.63. The standard InChI is InChI=1S/C15H19N3O2/c1-16-13-10(3-4-11(18-13)14(19)20-2)12-9-15(5-6-15)7-8-17-12/h3-4,9,17H,5-8H2,1-2H3,(H,16,18). The lowest BCUT2D eigenvalue weighted by atomic mass is 9.95. The van der Waals surface area contributed by atoms with Crippen molar-refractivity contribution in [3.05, 3.63) is 29.5 Å². The number of rotatable bonds is 3. The fourth-order valence-electron chi connectivity index (χ4n) is 2.69. The van der Waals surface area contributed by atoms with Crippen molar-refractivity contribution in [1.29, 1.82) is 0 Å². The molecule has 0 bridgehead atoms. The number of hydrogen-bond acceptors (Lipinski definition) is 5. The zero-order valence-electron chi connectivity index (χ0n) is 11.8. The number of methoxy groups -OCH3 is 1. The molecule has 5 heteroatoms. The molecule has 0 radical (unpaired) electrons. The molecule has 1 aliphatic heterocycles. The summed E-state index contributed by atoms with van der Waals surface area (Å²) < 4.78 is 4.70. The van der Waals surface area contributed by atoms with Gasteiger partial charge in [-0.2, -0.15) is 0 Å². The fraction of sp³-hybridized carbons (Fsp3) is 0.467. The molecule has 1 aromatic rings. The quantitative estimate of drug-likeness (QED) is 0.825. The summed E-state index contributed by atoms with van der Waals surface area (Å²) in [6.07, 6.45) is 6.09. The number of esters is 1. The minimum absolute atomic E-state index is 0.318. The van der Waals surface area contributed by atoms with E-state index in [9.17, 15) is 4.79 Å². The van der Waals surface area contributed by atoms with Gasteiger partial charge in [-0.1, -0.05) is 6.08 Å². The predicted octanol–water partition coefficient (Wildman–Crippen LogP) is 2.02. The maximum atomic E-state index is 11.5. The number of carbonyl (C=O) groups excluding carboxylic acids is 1. The van der Waals surface area contributed by atoms with Crippen LogP contribution in [0.25, 0.3) is 5.70 Å². The van der Waals surface area contributed by atoms with Crippen LogP contribution in [0.2, 0.25) is 0 Å². The summed E-state index contributed by atoms with van der Waals surface area (Å²) in [4.78, 5) is 15.9. The number of carbonyl (C=O) groups is 1. The van der Waals surface area contributed by atoms with Crippen molar-refractivity contribution >= 4 is 17.5 Å². The van der Waals surface area contributed by atoms with Crippen molar-refractivity contribution < 1.29 is 9.53 Å². The van der Waals surface area contributed by atoms with Crippen molar-refractivity contribution in [3.63, 3.8) is 0 Å².